The third-order valence-electron chi connectivity index (χ3n) is 5.76. The molecule has 5 N–H and O–H groups in total. The van der Waals surface area contributed by atoms with E-state index in [9.17, 15) is 25.2 Å². The molecule has 4 rings (SSSR count). The Kier molecular flexibility index (Phi) is 6.30. The quantitative estimate of drug-likeness (QED) is 0.363. The lowest BCUT2D eigenvalue weighted by Gasteiger charge is -2.19. The minimum atomic E-state index is -1.27. The first kappa shape index (κ1) is 21.7. The van der Waals surface area contributed by atoms with Crippen molar-refractivity contribution in [1.29, 1.82) is 0 Å². The number of alkyl carbamates (subject to hydrolysis) is 1. The third-order valence-corrected chi connectivity index (χ3v) is 5.76. The molecule has 0 radical (unpaired) electrons. The van der Waals surface area contributed by atoms with E-state index >= 15 is 0 Å². The van der Waals surface area contributed by atoms with Crippen LogP contribution in [0.4, 0.5) is 4.79 Å². The lowest BCUT2D eigenvalue weighted by Crippen LogP contribution is -2.30. The van der Waals surface area contributed by atoms with E-state index in [1.54, 1.807) is 0 Å². The van der Waals surface area contributed by atoms with E-state index in [0.717, 1.165) is 22.3 Å². The van der Waals surface area contributed by atoms with Crippen molar-refractivity contribution in [1.82, 2.24) is 5.32 Å². The predicted molar refractivity (Wildman–Crippen MR) is 118 cm³/mol. The highest BCUT2D eigenvalue weighted by atomic mass is 16.5. The van der Waals surface area contributed by atoms with E-state index in [2.05, 4.69) is 17.4 Å². The van der Waals surface area contributed by atoms with Crippen LogP contribution < -0.4 is 5.32 Å². The number of aromatic hydroxyl groups is 2. The number of fused-ring (bicyclic) bond motifs is 3. The molecule has 3 aromatic carbocycles. The number of phenolic OH excluding ortho intramolecular Hbond substituents is 2. The molecular weight excluding hydrogens is 410 g/mol. The van der Waals surface area contributed by atoms with Gasteiger partial charge < -0.3 is 30.5 Å². The molecular formula is C25H25NO6. The molecule has 1 aliphatic rings. The Bertz CT molecular complexity index is 1070. The molecule has 0 saturated heterocycles. The summed E-state index contributed by atoms with van der Waals surface area (Å²) in [5.74, 6) is -0.736. The lowest BCUT2D eigenvalue weighted by atomic mass is 9.98. The standard InChI is InChI=1S/C25H25NO6/c27-21-10-9-15(13-23(21)29)24(30)22(28)11-12-26-25(31)32-14-20-18-7-3-1-5-16(18)17-6-2-4-8-19(17)20/h1-10,13,20,22,24,27-30H,11-12,14H2,(H,26,31). The molecule has 0 heterocycles. The van der Waals surface area contributed by atoms with Gasteiger partial charge in [0.2, 0.25) is 0 Å². The van der Waals surface area contributed by atoms with Gasteiger partial charge >= 0.3 is 6.09 Å². The Balaban J connectivity index is 1.28. The van der Waals surface area contributed by atoms with Crippen LogP contribution in [0.5, 0.6) is 11.5 Å². The van der Waals surface area contributed by atoms with E-state index < -0.39 is 18.3 Å². The molecule has 0 aromatic heterocycles. The smallest absolute Gasteiger partial charge is 0.407 e. The summed E-state index contributed by atoms with van der Waals surface area (Å²) in [7, 11) is 0. The van der Waals surface area contributed by atoms with Gasteiger partial charge in [-0.05, 0) is 46.4 Å². The average Bonchev–Trinajstić information content (AvgIpc) is 3.12. The molecule has 0 fully saturated rings. The van der Waals surface area contributed by atoms with E-state index in [1.807, 2.05) is 36.4 Å². The molecule has 32 heavy (non-hydrogen) atoms. The molecule has 0 bridgehead atoms. The third kappa shape index (κ3) is 4.39. The monoisotopic (exact) mass is 435 g/mol. The molecule has 2 atom stereocenters. The van der Waals surface area contributed by atoms with Gasteiger partial charge in [-0.25, -0.2) is 4.79 Å². The number of aliphatic hydroxyl groups excluding tert-OH is 2. The highest BCUT2D eigenvalue weighted by Gasteiger charge is 2.29. The van der Waals surface area contributed by atoms with Crippen molar-refractivity contribution in [3.8, 4) is 22.6 Å². The number of carbonyl (C=O) groups excluding carboxylic acids is 1. The van der Waals surface area contributed by atoms with Crippen molar-refractivity contribution in [2.24, 2.45) is 0 Å². The van der Waals surface area contributed by atoms with Gasteiger partial charge in [0.25, 0.3) is 0 Å². The van der Waals surface area contributed by atoms with Crippen molar-refractivity contribution < 1.29 is 30.0 Å². The molecule has 2 unspecified atom stereocenters. The number of aliphatic hydroxyl groups is 2. The van der Waals surface area contributed by atoms with Gasteiger partial charge in [-0.1, -0.05) is 54.6 Å². The SMILES string of the molecule is O=C(NCCC(O)C(O)c1ccc(O)c(O)c1)OCC1c2ccccc2-c2ccccc21. The van der Waals surface area contributed by atoms with Crippen LogP contribution in [0, 0.1) is 0 Å². The Morgan fingerprint density at radius 1 is 0.906 bits per heavy atom. The van der Waals surface area contributed by atoms with Gasteiger partial charge in [-0.15, -0.1) is 0 Å². The zero-order valence-corrected chi connectivity index (χ0v) is 17.3. The van der Waals surface area contributed by atoms with Crippen LogP contribution in [0.15, 0.2) is 66.7 Å². The second-order valence-corrected chi connectivity index (χ2v) is 7.80. The van der Waals surface area contributed by atoms with Crippen molar-refractivity contribution >= 4 is 6.09 Å². The normalized spacial score (nSPS) is 14.3. The molecule has 1 amide bonds. The summed E-state index contributed by atoms with van der Waals surface area (Å²) in [6.45, 7) is 0.288. The summed E-state index contributed by atoms with van der Waals surface area (Å²) < 4.78 is 5.44. The van der Waals surface area contributed by atoms with Gasteiger partial charge in [0, 0.05) is 12.5 Å². The van der Waals surface area contributed by atoms with Crippen LogP contribution in [0.3, 0.4) is 0 Å². The number of phenols is 2. The maximum absolute atomic E-state index is 12.2. The van der Waals surface area contributed by atoms with E-state index in [0.29, 0.717) is 0 Å². The Hall–Kier alpha value is -3.55. The summed E-state index contributed by atoms with van der Waals surface area (Å²) in [5, 5.41) is 41.9. The van der Waals surface area contributed by atoms with Crippen LogP contribution in [0.1, 0.15) is 35.1 Å². The molecule has 7 nitrogen and oxygen atoms in total. The second kappa shape index (κ2) is 9.30. The zero-order valence-electron chi connectivity index (χ0n) is 17.3. The largest absolute Gasteiger partial charge is 0.504 e. The lowest BCUT2D eigenvalue weighted by molar-refractivity contribution is 0.0135. The Labute approximate surface area is 185 Å². The van der Waals surface area contributed by atoms with Crippen LogP contribution >= 0.6 is 0 Å². The fraction of sp³-hybridized carbons (Fsp3) is 0.240. The number of hydrogen-bond acceptors (Lipinski definition) is 6. The van der Waals surface area contributed by atoms with E-state index in [1.165, 1.54) is 18.2 Å². The van der Waals surface area contributed by atoms with Crippen LogP contribution in [-0.2, 0) is 4.74 Å². The minimum Gasteiger partial charge on any atom is -0.504 e. The fourth-order valence-electron chi connectivity index (χ4n) is 4.08. The van der Waals surface area contributed by atoms with Crippen LogP contribution in [0.25, 0.3) is 11.1 Å². The number of nitrogens with one attached hydrogen (secondary N) is 1. The summed E-state index contributed by atoms with van der Waals surface area (Å²) in [5.41, 5.74) is 4.80. The second-order valence-electron chi connectivity index (χ2n) is 7.80. The van der Waals surface area contributed by atoms with E-state index in [-0.39, 0.29) is 42.6 Å². The molecule has 166 valence electrons. The van der Waals surface area contributed by atoms with E-state index in [4.69, 9.17) is 4.74 Å². The van der Waals surface area contributed by atoms with Gasteiger partial charge in [-0.3, -0.25) is 0 Å². The van der Waals surface area contributed by atoms with Crippen LogP contribution in [0.2, 0.25) is 0 Å². The van der Waals surface area contributed by atoms with Crippen molar-refractivity contribution in [3.63, 3.8) is 0 Å². The Morgan fingerprint density at radius 2 is 1.53 bits per heavy atom. The number of carbonyl (C=O) groups is 1. The molecule has 7 heteroatoms. The topological polar surface area (TPSA) is 119 Å². The highest BCUT2D eigenvalue weighted by Crippen LogP contribution is 2.44. The van der Waals surface area contributed by atoms with Gasteiger partial charge in [0.15, 0.2) is 11.5 Å². The average molecular weight is 435 g/mol. The Morgan fingerprint density at radius 3 is 2.16 bits per heavy atom. The maximum Gasteiger partial charge on any atom is 0.407 e. The van der Waals surface area contributed by atoms with Gasteiger partial charge in [0.1, 0.15) is 12.7 Å². The first-order valence-electron chi connectivity index (χ1n) is 10.4. The van der Waals surface area contributed by atoms with Gasteiger partial charge in [0.05, 0.1) is 6.10 Å². The summed E-state index contributed by atoms with van der Waals surface area (Å²) in [6.07, 6.45) is -2.97. The van der Waals surface area contributed by atoms with Crippen molar-refractivity contribution in [2.75, 3.05) is 13.2 Å². The number of benzene rings is 3. The zero-order chi connectivity index (χ0) is 22.7. The van der Waals surface area contributed by atoms with Crippen LogP contribution in [-0.4, -0.2) is 45.8 Å². The maximum atomic E-state index is 12.2. The molecule has 0 aliphatic heterocycles. The first-order chi connectivity index (χ1) is 15.5. The molecule has 0 spiro atoms. The minimum absolute atomic E-state index is 0.0391. The summed E-state index contributed by atoms with van der Waals surface area (Å²) in [4.78, 5) is 12.2. The first-order valence-corrected chi connectivity index (χ1v) is 10.4. The number of rotatable bonds is 7. The van der Waals surface area contributed by atoms with Gasteiger partial charge in [-0.2, -0.15) is 0 Å². The van der Waals surface area contributed by atoms with Crippen molar-refractivity contribution in [3.05, 3.63) is 83.4 Å². The number of ether oxygens (including phenoxy) is 1. The summed E-state index contributed by atoms with van der Waals surface area (Å²) >= 11 is 0. The summed E-state index contributed by atoms with van der Waals surface area (Å²) in [6, 6.07) is 20.0. The fourth-order valence-corrected chi connectivity index (χ4v) is 4.08. The van der Waals surface area contributed by atoms with Crippen molar-refractivity contribution in [2.45, 2.75) is 24.5 Å². The predicted octanol–water partition coefficient (Wildman–Crippen LogP) is 3.42. The highest BCUT2D eigenvalue weighted by molar-refractivity contribution is 5.79. The number of hydrogen-bond donors (Lipinski definition) is 5. The molecule has 3 aromatic rings. The number of amides is 1. The molecule has 0 saturated carbocycles. The molecule has 1 aliphatic carbocycles.